The average molecular weight is 278 g/mol. The summed E-state index contributed by atoms with van der Waals surface area (Å²) in [6.45, 7) is 3.63. The lowest BCUT2D eigenvalue weighted by Gasteiger charge is -2.13. The lowest BCUT2D eigenvalue weighted by molar-refractivity contribution is 0.0679. The fourth-order valence-corrected chi connectivity index (χ4v) is 2.06. The Morgan fingerprint density at radius 3 is 3.15 bits per heavy atom. The maximum atomic E-state index is 12.0. The minimum atomic E-state index is -0.134. The van der Waals surface area contributed by atoms with Gasteiger partial charge < -0.3 is 20.5 Å². The van der Waals surface area contributed by atoms with E-state index in [1.165, 1.54) is 0 Å². The van der Waals surface area contributed by atoms with Crippen LogP contribution in [0.4, 0.5) is 0 Å². The molecule has 1 unspecified atom stereocenters. The second kappa shape index (κ2) is 7.26. The first-order chi connectivity index (χ1) is 9.69. The Kier molecular flexibility index (Phi) is 5.38. The van der Waals surface area contributed by atoms with Crippen LogP contribution in [-0.4, -0.2) is 37.8 Å². The van der Waals surface area contributed by atoms with Crippen molar-refractivity contribution in [3.63, 3.8) is 0 Å². The van der Waals surface area contributed by atoms with Gasteiger partial charge >= 0.3 is 0 Å². The van der Waals surface area contributed by atoms with Gasteiger partial charge in [-0.3, -0.25) is 4.79 Å². The van der Waals surface area contributed by atoms with Crippen LogP contribution in [0.5, 0.6) is 5.75 Å². The summed E-state index contributed by atoms with van der Waals surface area (Å²) >= 11 is 0. The van der Waals surface area contributed by atoms with Crippen LogP contribution < -0.4 is 15.8 Å². The molecule has 20 heavy (non-hydrogen) atoms. The normalized spacial score (nSPS) is 19.6. The fourth-order valence-electron chi connectivity index (χ4n) is 2.06. The topological polar surface area (TPSA) is 73.6 Å². The van der Waals surface area contributed by atoms with E-state index in [2.05, 4.69) is 5.32 Å². The van der Waals surface area contributed by atoms with Crippen molar-refractivity contribution < 1.29 is 14.3 Å². The first kappa shape index (κ1) is 14.8. The van der Waals surface area contributed by atoms with E-state index in [0.29, 0.717) is 24.5 Å². The Balaban J connectivity index is 1.91. The molecule has 5 nitrogen and oxygen atoms in total. The number of nitrogens with one attached hydrogen (secondary N) is 1. The van der Waals surface area contributed by atoms with Gasteiger partial charge in [-0.2, -0.15) is 0 Å². The second-order valence-electron chi connectivity index (χ2n) is 5.08. The van der Waals surface area contributed by atoms with Crippen LogP contribution in [0.1, 0.15) is 30.1 Å². The zero-order chi connectivity index (χ0) is 14.4. The van der Waals surface area contributed by atoms with Gasteiger partial charge in [0.05, 0.1) is 6.10 Å². The minimum Gasteiger partial charge on any atom is -0.491 e. The minimum absolute atomic E-state index is 0.0426. The molecule has 0 spiro atoms. The van der Waals surface area contributed by atoms with Crippen molar-refractivity contribution in [2.24, 2.45) is 5.73 Å². The van der Waals surface area contributed by atoms with E-state index in [-0.39, 0.29) is 18.1 Å². The lowest BCUT2D eigenvalue weighted by atomic mass is 10.2. The zero-order valence-electron chi connectivity index (χ0n) is 11.8. The SMILES string of the molecule is C[C@@H](CN)NC(=O)c1cccc(OCC2CCCO2)c1. The van der Waals surface area contributed by atoms with Gasteiger partial charge in [0, 0.05) is 24.8 Å². The Hall–Kier alpha value is -1.59. The molecule has 5 heteroatoms. The molecule has 1 amide bonds. The van der Waals surface area contributed by atoms with Crippen molar-refractivity contribution in [3.8, 4) is 5.75 Å². The molecule has 2 rings (SSSR count). The summed E-state index contributed by atoms with van der Waals surface area (Å²) in [6, 6.07) is 7.12. The number of hydrogen-bond donors (Lipinski definition) is 2. The third kappa shape index (κ3) is 4.21. The summed E-state index contributed by atoms with van der Waals surface area (Å²) < 4.78 is 11.2. The largest absolute Gasteiger partial charge is 0.491 e. The van der Waals surface area contributed by atoms with Gasteiger partial charge in [-0.1, -0.05) is 6.07 Å². The van der Waals surface area contributed by atoms with Gasteiger partial charge in [0.1, 0.15) is 12.4 Å². The van der Waals surface area contributed by atoms with Crippen LogP contribution in [0.2, 0.25) is 0 Å². The van der Waals surface area contributed by atoms with Gasteiger partial charge in [0.25, 0.3) is 5.91 Å². The van der Waals surface area contributed by atoms with Crippen LogP contribution in [0.25, 0.3) is 0 Å². The number of ether oxygens (including phenoxy) is 2. The van der Waals surface area contributed by atoms with Crippen LogP contribution in [-0.2, 0) is 4.74 Å². The molecule has 1 fully saturated rings. The van der Waals surface area contributed by atoms with E-state index in [4.69, 9.17) is 15.2 Å². The Bertz CT molecular complexity index is 444. The standard InChI is InChI=1S/C15H22N2O3/c1-11(9-16)17-15(18)12-4-2-5-13(8-12)20-10-14-6-3-7-19-14/h2,4-5,8,11,14H,3,6-7,9-10,16H2,1H3,(H,17,18)/t11-,14?/m0/s1. The Morgan fingerprint density at radius 1 is 1.60 bits per heavy atom. The molecular weight excluding hydrogens is 256 g/mol. The summed E-state index contributed by atoms with van der Waals surface area (Å²) in [4.78, 5) is 12.0. The number of hydrogen-bond acceptors (Lipinski definition) is 4. The molecule has 0 bridgehead atoms. The van der Waals surface area contributed by atoms with Crippen LogP contribution >= 0.6 is 0 Å². The third-order valence-corrected chi connectivity index (χ3v) is 3.29. The average Bonchev–Trinajstić information content (AvgIpc) is 2.98. The highest BCUT2D eigenvalue weighted by Crippen LogP contribution is 2.17. The monoisotopic (exact) mass is 278 g/mol. The highest BCUT2D eigenvalue weighted by Gasteiger charge is 2.16. The molecule has 1 aliphatic rings. The Morgan fingerprint density at radius 2 is 2.45 bits per heavy atom. The number of carbonyl (C=O) groups is 1. The van der Waals surface area contributed by atoms with E-state index in [0.717, 1.165) is 19.4 Å². The van der Waals surface area contributed by atoms with Crippen LogP contribution in [0.3, 0.4) is 0 Å². The second-order valence-corrected chi connectivity index (χ2v) is 5.08. The quantitative estimate of drug-likeness (QED) is 0.823. The van der Waals surface area contributed by atoms with Crippen LogP contribution in [0, 0.1) is 0 Å². The maximum absolute atomic E-state index is 12.0. The summed E-state index contributed by atoms with van der Waals surface area (Å²) in [7, 11) is 0. The molecule has 1 aromatic rings. The highest BCUT2D eigenvalue weighted by atomic mass is 16.5. The smallest absolute Gasteiger partial charge is 0.251 e. The van der Waals surface area contributed by atoms with E-state index in [1.807, 2.05) is 19.1 Å². The molecular formula is C15H22N2O3. The molecule has 1 aromatic carbocycles. The lowest BCUT2D eigenvalue weighted by Crippen LogP contribution is -2.37. The molecule has 0 saturated carbocycles. The molecule has 0 radical (unpaired) electrons. The highest BCUT2D eigenvalue weighted by molar-refractivity contribution is 5.94. The molecule has 1 heterocycles. The predicted octanol–water partition coefficient (Wildman–Crippen LogP) is 1.32. The number of benzene rings is 1. The summed E-state index contributed by atoms with van der Waals surface area (Å²) in [5.41, 5.74) is 6.07. The van der Waals surface area contributed by atoms with Gasteiger partial charge in [-0.15, -0.1) is 0 Å². The van der Waals surface area contributed by atoms with Crippen molar-refractivity contribution in [2.45, 2.75) is 31.9 Å². The first-order valence-electron chi connectivity index (χ1n) is 7.04. The number of amides is 1. The van der Waals surface area contributed by atoms with E-state index in [1.54, 1.807) is 12.1 Å². The van der Waals surface area contributed by atoms with Gasteiger partial charge in [0.15, 0.2) is 0 Å². The van der Waals surface area contributed by atoms with Gasteiger partial charge in [-0.25, -0.2) is 0 Å². The molecule has 110 valence electrons. The zero-order valence-corrected chi connectivity index (χ0v) is 11.8. The van der Waals surface area contributed by atoms with Crippen molar-refractivity contribution in [1.29, 1.82) is 0 Å². The van der Waals surface area contributed by atoms with E-state index >= 15 is 0 Å². The molecule has 0 aromatic heterocycles. The number of carbonyl (C=O) groups excluding carboxylic acids is 1. The van der Waals surface area contributed by atoms with Crippen molar-refractivity contribution in [1.82, 2.24) is 5.32 Å². The van der Waals surface area contributed by atoms with Gasteiger partial charge in [0.2, 0.25) is 0 Å². The van der Waals surface area contributed by atoms with Crippen molar-refractivity contribution in [2.75, 3.05) is 19.8 Å². The third-order valence-electron chi connectivity index (χ3n) is 3.29. The van der Waals surface area contributed by atoms with Crippen molar-refractivity contribution >= 4 is 5.91 Å². The Labute approximate surface area is 119 Å². The van der Waals surface area contributed by atoms with Gasteiger partial charge in [-0.05, 0) is 38.0 Å². The van der Waals surface area contributed by atoms with Crippen molar-refractivity contribution in [3.05, 3.63) is 29.8 Å². The summed E-state index contributed by atoms with van der Waals surface area (Å²) in [6.07, 6.45) is 2.30. The fraction of sp³-hybridized carbons (Fsp3) is 0.533. The van der Waals surface area contributed by atoms with E-state index < -0.39 is 0 Å². The maximum Gasteiger partial charge on any atom is 0.251 e. The predicted molar refractivity (Wildman–Crippen MR) is 76.9 cm³/mol. The molecule has 1 saturated heterocycles. The molecule has 2 atom stereocenters. The molecule has 3 N–H and O–H groups in total. The summed E-state index contributed by atoms with van der Waals surface area (Å²) in [5, 5.41) is 2.83. The first-order valence-corrected chi connectivity index (χ1v) is 7.04. The molecule has 0 aliphatic carbocycles. The van der Waals surface area contributed by atoms with Crippen LogP contribution in [0.15, 0.2) is 24.3 Å². The number of rotatable bonds is 6. The van der Waals surface area contributed by atoms with E-state index in [9.17, 15) is 4.79 Å². The number of nitrogens with two attached hydrogens (primary N) is 1. The summed E-state index contributed by atoms with van der Waals surface area (Å²) in [5.74, 6) is 0.555. The molecule has 1 aliphatic heterocycles.